The maximum atomic E-state index is 11.7. The monoisotopic (exact) mass is 281 g/mol. The molecule has 1 aromatic rings. The Morgan fingerprint density at radius 1 is 1.40 bits per heavy atom. The molecule has 0 spiro atoms. The van der Waals surface area contributed by atoms with Gasteiger partial charge in [-0.3, -0.25) is 9.89 Å². The van der Waals surface area contributed by atoms with Gasteiger partial charge in [-0.15, -0.1) is 0 Å². The van der Waals surface area contributed by atoms with Crippen molar-refractivity contribution in [3.63, 3.8) is 0 Å². The first kappa shape index (κ1) is 16.2. The van der Waals surface area contributed by atoms with Gasteiger partial charge in [-0.1, -0.05) is 27.2 Å². The normalized spacial score (nSPS) is 12.2. The number of nitrogens with one attached hydrogen (secondary N) is 2. The zero-order chi connectivity index (χ0) is 15.1. The van der Waals surface area contributed by atoms with E-state index in [1.807, 2.05) is 27.7 Å². The maximum Gasteiger partial charge on any atom is 0.359 e. The summed E-state index contributed by atoms with van der Waals surface area (Å²) in [4.78, 5) is 23.3. The molecule has 2 N–H and O–H groups in total. The minimum Gasteiger partial charge on any atom is -0.451 e. The molecule has 1 rings (SSSR count). The predicted octanol–water partition coefficient (Wildman–Crippen LogP) is 1.68. The fourth-order valence-corrected chi connectivity index (χ4v) is 1.53. The van der Waals surface area contributed by atoms with Crippen LogP contribution in [0.15, 0.2) is 6.07 Å². The molecule has 0 aromatic carbocycles. The molecule has 0 aliphatic rings. The number of hydrogen-bond donors (Lipinski definition) is 2. The van der Waals surface area contributed by atoms with E-state index in [1.54, 1.807) is 6.07 Å². The van der Waals surface area contributed by atoms with E-state index in [2.05, 4.69) is 15.5 Å². The molecule has 1 atom stereocenters. The van der Waals surface area contributed by atoms with Crippen molar-refractivity contribution in [2.24, 2.45) is 5.92 Å². The topological polar surface area (TPSA) is 84.1 Å². The second-order valence-electron chi connectivity index (χ2n) is 5.20. The third-order valence-electron chi connectivity index (χ3n) is 3.08. The van der Waals surface area contributed by atoms with Gasteiger partial charge in [-0.2, -0.15) is 5.10 Å². The van der Waals surface area contributed by atoms with Crippen molar-refractivity contribution in [2.75, 3.05) is 6.61 Å². The van der Waals surface area contributed by atoms with E-state index >= 15 is 0 Å². The molecule has 1 heterocycles. The molecule has 1 amide bonds. The molecule has 0 saturated heterocycles. The van der Waals surface area contributed by atoms with Crippen LogP contribution in [0.2, 0.25) is 0 Å². The van der Waals surface area contributed by atoms with Crippen LogP contribution in [-0.4, -0.2) is 34.7 Å². The summed E-state index contributed by atoms with van der Waals surface area (Å²) < 4.78 is 4.93. The smallest absolute Gasteiger partial charge is 0.359 e. The minimum atomic E-state index is -0.587. The average Bonchev–Trinajstić information content (AvgIpc) is 2.85. The van der Waals surface area contributed by atoms with Gasteiger partial charge in [0, 0.05) is 11.7 Å². The van der Waals surface area contributed by atoms with E-state index in [-0.39, 0.29) is 24.2 Å². The third kappa shape index (κ3) is 5.03. The van der Waals surface area contributed by atoms with Crippen LogP contribution < -0.4 is 5.32 Å². The molecular formula is C14H23N3O3. The van der Waals surface area contributed by atoms with E-state index in [1.165, 1.54) is 0 Å². The van der Waals surface area contributed by atoms with Crippen LogP contribution in [0.25, 0.3) is 0 Å². The number of ether oxygens (including phenoxy) is 1. The van der Waals surface area contributed by atoms with Crippen molar-refractivity contribution in [3.05, 3.63) is 17.5 Å². The van der Waals surface area contributed by atoms with Gasteiger partial charge in [0.15, 0.2) is 12.3 Å². The maximum absolute atomic E-state index is 11.7. The van der Waals surface area contributed by atoms with Crippen molar-refractivity contribution < 1.29 is 14.3 Å². The highest BCUT2D eigenvalue weighted by molar-refractivity contribution is 5.89. The molecule has 20 heavy (non-hydrogen) atoms. The number of hydrogen-bond acceptors (Lipinski definition) is 4. The SMILES string of the molecule is CCCc1cc(C(=O)OCC(=O)NC(C)C(C)C)n[nH]1. The zero-order valence-electron chi connectivity index (χ0n) is 12.5. The van der Waals surface area contributed by atoms with Crippen LogP contribution >= 0.6 is 0 Å². The second kappa shape index (κ2) is 7.67. The van der Waals surface area contributed by atoms with Crippen LogP contribution in [-0.2, 0) is 16.0 Å². The molecule has 112 valence electrons. The molecule has 0 aliphatic carbocycles. The largest absolute Gasteiger partial charge is 0.451 e. The second-order valence-corrected chi connectivity index (χ2v) is 5.20. The van der Waals surface area contributed by atoms with Gasteiger partial charge in [0.1, 0.15) is 0 Å². The Morgan fingerprint density at radius 2 is 2.10 bits per heavy atom. The molecule has 1 unspecified atom stereocenters. The lowest BCUT2D eigenvalue weighted by molar-refractivity contribution is -0.125. The van der Waals surface area contributed by atoms with Crippen molar-refractivity contribution >= 4 is 11.9 Å². The lowest BCUT2D eigenvalue weighted by Gasteiger charge is -2.17. The number of H-pyrrole nitrogens is 1. The average molecular weight is 281 g/mol. The molecule has 6 nitrogen and oxygen atoms in total. The Morgan fingerprint density at radius 3 is 2.70 bits per heavy atom. The Balaban J connectivity index is 2.40. The highest BCUT2D eigenvalue weighted by Crippen LogP contribution is 2.04. The highest BCUT2D eigenvalue weighted by atomic mass is 16.5. The Hall–Kier alpha value is -1.85. The minimum absolute atomic E-state index is 0.0442. The highest BCUT2D eigenvalue weighted by Gasteiger charge is 2.15. The van der Waals surface area contributed by atoms with Gasteiger partial charge >= 0.3 is 5.97 Å². The number of carbonyl (C=O) groups excluding carboxylic acids is 2. The van der Waals surface area contributed by atoms with Crippen molar-refractivity contribution in [3.8, 4) is 0 Å². The zero-order valence-corrected chi connectivity index (χ0v) is 12.5. The first-order valence-corrected chi connectivity index (χ1v) is 6.94. The summed E-state index contributed by atoms with van der Waals surface area (Å²) in [5.41, 5.74) is 1.09. The van der Waals surface area contributed by atoms with Gasteiger partial charge in [0.05, 0.1) is 0 Å². The summed E-state index contributed by atoms with van der Waals surface area (Å²) in [6, 6.07) is 1.70. The molecule has 1 aromatic heterocycles. The third-order valence-corrected chi connectivity index (χ3v) is 3.08. The standard InChI is InChI=1S/C14H23N3O3/c1-5-6-11-7-12(17-16-11)14(19)20-8-13(18)15-10(4)9(2)3/h7,9-10H,5-6,8H2,1-4H3,(H,15,18)(H,16,17). The number of aromatic amines is 1. The van der Waals surface area contributed by atoms with Crippen molar-refractivity contribution in [2.45, 2.75) is 46.6 Å². The number of nitrogens with zero attached hydrogens (tertiary/aromatic N) is 1. The van der Waals surface area contributed by atoms with E-state index in [0.717, 1.165) is 18.5 Å². The Labute approximate surface area is 119 Å². The fourth-order valence-electron chi connectivity index (χ4n) is 1.53. The summed E-state index contributed by atoms with van der Waals surface area (Å²) in [7, 11) is 0. The van der Waals surface area contributed by atoms with Crippen molar-refractivity contribution in [1.29, 1.82) is 0 Å². The molecule has 0 radical (unpaired) electrons. The van der Waals surface area contributed by atoms with E-state index < -0.39 is 5.97 Å². The molecule has 0 saturated carbocycles. The molecule has 0 aliphatic heterocycles. The molecule has 0 bridgehead atoms. The van der Waals surface area contributed by atoms with E-state index in [9.17, 15) is 9.59 Å². The van der Waals surface area contributed by atoms with Crippen LogP contribution in [0.3, 0.4) is 0 Å². The van der Waals surface area contributed by atoms with E-state index in [4.69, 9.17) is 4.74 Å². The number of rotatable bonds is 7. The van der Waals surface area contributed by atoms with Gasteiger partial charge in [0.25, 0.3) is 5.91 Å². The number of aryl methyl sites for hydroxylation is 1. The van der Waals surface area contributed by atoms with Crippen LogP contribution in [0.4, 0.5) is 0 Å². The Bertz CT molecular complexity index is 454. The molecule has 0 fully saturated rings. The predicted molar refractivity (Wildman–Crippen MR) is 75.3 cm³/mol. The van der Waals surface area contributed by atoms with Gasteiger partial charge in [-0.05, 0) is 25.3 Å². The number of aromatic nitrogens is 2. The quantitative estimate of drug-likeness (QED) is 0.745. The molecule has 6 heteroatoms. The number of amides is 1. The van der Waals surface area contributed by atoms with E-state index in [0.29, 0.717) is 5.92 Å². The van der Waals surface area contributed by atoms with Crippen molar-refractivity contribution in [1.82, 2.24) is 15.5 Å². The number of esters is 1. The fraction of sp³-hybridized carbons (Fsp3) is 0.643. The summed E-state index contributed by atoms with van der Waals surface area (Å²) in [5.74, 6) is -0.558. The van der Waals surface area contributed by atoms with Gasteiger partial charge in [-0.25, -0.2) is 4.79 Å². The lowest BCUT2D eigenvalue weighted by atomic mass is 10.1. The first-order chi connectivity index (χ1) is 9.43. The Kier molecular flexibility index (Phi) is 6.21. The summed E-state index contributed by atoms with van der Waals surface area (Å²) in [6.45, 7) is 7.69. The molecular weight excluding hydrogens is 258 g/mol. The summed E-state index contributed by atoms with van der Waals surface area (Å²) >= 11 is 0. The summed E-state index contributed by atoms with van der Waals surface area (Å²) in [6.07, 6.45) is 1.79. The number of carbonyl (C=O) groups is 2. The van der Waals surface area contributed by atoms with Gasteiger partial charge < -0.3 is 10.1 Å². The lowest BCUT2D eigenvalue weighted by Crippen LogP contribution is -2.38. The van der Waals surface area contributed by atoms with Crippen LogP contribution in [0, 0.1) is 5.92 Å². The summed E-state index contributed by atoms with van der Waals surface area (Å²) in [5, 5.41) is 9.41. The van der Waals surface area contributed by atoms with Crippen LogP contribution in [0.1, 0.15) is 50.3 Å². The first-order valence-electron chi connectivity index (χ1n) is 6.94. The van der Waals surface area contributed by atoms with Gasteiger partial charge in [0.2, 0.25) is 0 Å². The van der Waals surface area contributed by atoms with Crippen LogP contribution in [0.5, 0.6) is 0 Å².